The third-order valence-electron chi connectivity index (χ3n) is 4.30. The van der Waals surface area contributed by atoms with Gasteiger partial charge in [-0.1, -0.05) is 32.0 Å². The largest absolute Gasteiger partial charge is 0.390 e. The van der Waals surface area contributed by atoms with Gasteiger partial charge in [0.15, 0.2) is 0 Å². The highest BCUT2D eigenvalue weighted by molar-refractivity contribution is 5.85. The van der Waals surface area contributed by atoms with Gasteiger partial charge < -0.3 is 14.6 Å². The lowest BCUT2D eigenvalue weighted by Gasteiger charge is -2.23. The highest BCUT2D eigenvalue weighted by atomic mass is 16.3. The highest BCUT2D eigenvalue weighted by Crippen LogP contribution is 2.25. The molecule has 0 unspecified atom stereocenters. The van der Waals surface area contributed by atoms with Crippen molar-refractivity contribution < 1.29 is 5.11 Å². The summed E-state index contributed by atoms with van der Waals surface area (Å²) >= 11 is 0. The molecule has 110 valence electrons. The lowest BCUT2D eigenvalue weighted by atomic mass is 10.2. The van der Waals surface area contributed by atoms with Gasteiger partial charge in [-0.2, -0.15) is 0 Å². The van der Waals surface area contributed by atoms with E-state index in [0.717, 1.165) is 19.6 Å². The van der Waals surface area contributed by atoms with Crippen molar-refractivity contribution in [1.82, 2.24) is 9.47 Å². The fraction of sp³-hybridized carbons (Fsp3) is 0.529. The summed E-state index contributed by atoms with van der Waals surface area (Å²) in [5, 5.41) is 11.7. The van der Waals surface area contributed by atoms with Crippen LogP contribution < -0.4 is 0 Å². The summed E-state index contributed by atoms with van der Waals surface area (Å²) in [6.45, 7) is 11.9. The molecule has 0 fully saturated rings. The maximum Gasteiger partial charge on any atom is 0.0845 e. The molecule has 2 aromatic rings. The van der Waals surface area contributed by atoms with Gasteiger partial charge in [-0.25, -0.2) is 0 Å². The molecule has 0 saturated heterocycles. The Balaban J connectivity index is 2.23. The first kappa shape index (κ1) is 15.1. The highest BCUT2D eigenvalue weighted by Gasteiger charge is 2.15. The Kier molecular flexibility index (Phi) is 4.84. The van der Waals surface area contributed by atoms with Gasteiger partial charge in [0.25, 0.3) is 0 Å². The SMILES string of the molecule is CCN(CC)C[C@H](O)Cn1c(C)c(C)c2ccccc21. The third kappa shape index (κ3) is 2.89. The Morgan fingerprint density at radius 1 is 1.15 bits per heavy atom. The van der Waals surface area contributed by atoms with Crippen LogP contribution in [0.4, 0.5) is 0 Å². The summed E-state index contributed by atoms with van der Waals surface area (Å²) in [6, 6.07) is 8.43. The van der Waals surface area contributed by atoms with Crippen molar-refractivity contribution in [2.75, 3.05) is 19.6 Å². The van der Waals surface area contributed by atoms with Gasteiger partial charge in [0, 0.05) is 23.1 Å². The zero-order valence-electron chi connectivity index (χ0n) is 13.1. The van der Waals surface area contributed by atoms with E-state index in [9.17, 15) is 5.11 Å². The van der Waals surface area contributed by atoms with Crippen LogP contribution in [0.15, 0.2) is 24.3 Å². The van der Waals surface area contributed by atoms with E-state index < -0.39 is 0 Å². The number of nitrogens with zero attached hydrogens (tertiary/aromatic N) is 2. The standard InChI is InChI=1S/C17H26N2O/c1-5-18(6-2)11-15(20)12-19-14(4)13(3)16-9-7-8-10-17(16)19/h7-10,15,20H,5-6,11-12H2,1-4H3/t15-/m0/s1. The Morgan fingerprint density at radius 2 is 1.80 bits per heavy atom. The van der Waals surface area contributed by atoms with E-state index in [-0.39, 0.29) is 6.10 Å². The van der Waals surface area contributed by atoms with Gasteiger partial charge in [-0.05, 0) is 38.6 Å². The molecule has 1 atom stereocenters. The minimum absolute atomic E-state index is 0.330. The zero-order chi connectivity index (χ0) is 14.7. The van der Waals surface area contributed by atoms with Crippen LogP contribution in [-0.4, -0.2) is 40.3 Å². The number of fused-ring (bicyclic) bond motifs is 1. The van der Waals surface area contributed by atoms with Crippen LogP contribution in [-0.2, 0) is 6.54 Å². The van der Waals surface area contributed by atoms with Crippen molar-refractivity contribution in [3.05, 3.63) is 35.5 Å². The first-order chi connectivity index (χ1) is 9.58. The van der Waals surface area contributed by atoms with Crippen LogP contribution in [0, 0.1) is 13.8 Å². The summed E-state index contributed by atoms with van der Waals surface area (Å²) in [5.74, 6) is 0. The van der Waals surface area contributed by atoms with E-state index in [1.807, 2.05) is 0 Å². The quantitative estimate of drug-likeness (QED) is 0.877. The number of benzene rings is 1. The van der Waals surface area contributed by atoms with E-state index in [1.54, 1.807) is 0 Å². The number of aromatic nitrogens is 1. The molecule has 0 saturated carbocycles. The number of likely N-dealkylation sites (N-methyl/N-ethyl adjacent to an activating group) is 1. The predicted octanol–water partition coefficient (Wildman–Crippen LogP) is 2.96. The Bertz CT molecular complexity index is 570. The summed E-state index contributed by atoms with van der Waals surface area (Å²) in [7, 11) is 0. The summed E-state index contributed by atoms with van der Waals surface area (Å²) in [4.78, 5) is 2.26. The van der Waals surface area contributed by atoms with E-state index >= 15 is 0 Å². The lowest BCUT2D eigenvalue weighted by Crippen LogP contribution is -2.34. The van der Waals surface area contributed by atoms with Crippen LogP contribution >= 0.6 is 0 Å². The normalized spacial score (nSPS) is 13.3. The number of aliphatic hydroxyl groups excluding tert-OH is 1. The van der Waals surface area contributed by atoms with Crippen molar-refractivity contribution in [1.29, 1.82) is 0 Å². The van der Waals surface area contributed by atoms with Crippen LogP contribution in [0.3, 0.4) is 0 Å². The van der Waals surface area contributed by atoms with Gasteiger partial charge in [0.1, 0.15) is 0 Å². The minimum atomic E-state index is -0.330. The first-order valence-electron chi connectivity index (χ1n) is 7.53. The molecule has 0 spiro atoms. The maximum atomic E-state index is 10.4. The van der Waals surface area contributed by atoms with E-state index in [0.29, 0.717) is 6.54 Å². The molecule has 0 aliphatic carbocycles. The lowest BCUT2D eigenvalue weighted by molar-refractivity contribution is 0.104. The van der Waals surface area contributed by atoms with Crippen LogP contribution in [0.2, 0.25) is 0 Å². The Hall–Kier alpha value is -1.32. The fourth-order valence-corrected chi connectivity index (χ4v) is 2.89. The number of rotatable bonds is 6. The Morgan fingerprint density at radius 3 is 2.45 bits per heavy atom. The molecule has 1 aromatic carbocycles. The monoisotopic (exact) mass is 274 g/mol. The number of hydrogen-bond acceptors (Lipinski definition) is 2. The molecule has 1 aromatic heterocycles. The smallest absolute Gasteiger partial charge is 0.0845 e. The Labute approximate surface area is 121 Å². The van der Waals surface area contributed by atoms with Crippen molar-refractivity contribution in [3.63, 3.8) is 0 Å². The van der Waals surface area contributed by atoms with Gasteiger partial charge >= 0.3 is 0 Å². The van der Waals surface area contributed by atoms with Gasteiger partial charge in [-0.15, -0.1) is 0 Å². The summed E-state index contributed by atoms with van der Waals surface area (Å²) in [5.41, 5.74) is 3.79. The van der Waals surface area contributed by atoms with Gasteiger partial charge in [0.2, 0.25) is 0 Å². The molecule has 3 heteroatoms. The number of aliphatic hydroxyl groups is 1. The summed E-state index contributed by atoms with van der Waals surface area (Å²) < 4.78 is 2.25. The van der Waals surface area contributed by atoms with Crippen molar-refractivity contribution in [2.24, 2.45) is 0 Å². The topological polar surface area (TPSA) is 28.4 Å². The number of para-hydroxylation sites is 1. The number of hydrogen-bond donors (Lipinski definition) is 1. The van der Waals surface area contributed by atoms with Gasteiger partial charge in [-0.3, -0.25) is 0 Å². The van der Waals surface area contributed by atoms with Crippen LogP contribution in [0.1, 0.15) is 25.1 Å². The van der Waals surface area contributed by atoms with Crippen LogP contribution in [0.25, 0.3) is 10.9 Å². The molecular weight excluding hydrogens is 248 g/mol. The molecule has 0 aliphatic heterocycles. The molecule has 0 amide bonds. The van der Waals surface area contributed by atoms with Crippen LogP contribution in [0.5, 0.6) is 0 Å². The van der Waals surface area contributed by atoms with Crippen molar-refractivity contribution >= 4 is 10.9 Å². The number of aryl methyl sites for hydroxylation is 1. The molecule has 1 N–H and O–H groups in total. The van der Waals surface area contributed by atoms with Gasteiger partial charge in [0.05, 0.1) is 12.6 Å². The molecular formula is C17H26N2O. The molecule has 0 radical (unpaired) electrons. The van der Waals surface area contributed by atoms with Crippen molar-refractivity contribution in [3.8, 4) is 0 Å². The molecule has 1 heterocycles. The molecule has 2 rings (SSSR count). The van der Waals surface area contributed by atoms with E-state index in [2.05, 4.69) is 61.4 Å². The summed E-state index contributed by atoms with van der Waals surface area (Å²) in [6.07, 6.45) is -0.330. The second-order valence-corrected chi connectivity index (χ2v) is 5.48. The van der Waals surface area contributed by atoms with E-state index in [4.69, 9.17) is 0 Å². The molecule has 3 nitrogen and oxygen atoms in total. The van der Waals surface area contributed by atoms with E-state index in [1.165, 1.54) is 22.2 Å². The maximum absolute atomic E-state index is 10.4. The zero-order valence-corrected chi connectivity index (χ0v) is 13.1. The average Bonchev–Trinajstić information content (AvgIpc) is 2.70. The average molecular weight is 274 g/mol. The fourth-order valence-electron chi connectivity index (χ4n) is 2.89. The second kappa shape index (κ2) is 6.42. The molecule has 0 bridgehead atoms. The first-order valence-corrected chi connectivity index (χ1v) is 7.53. The third-order valence-corrected chi connectivity index (χ3v) is 4.30. The minimum Gasteiger partial charge on any atom is -0.390 e. The predicted molar refractivity (Wildman–Crippen MR) is 85.2 cm³/mol. The molecule has 0 aliphatic rings. The second-order valence-electron chi connectivity index (χ2n) is 5.48. The van der Waals surface area contributed by atoms with Crippen molar-refractivity contribution in [2.45, 2.75) is 40.3 Å². The molecule has 20 heavy (non-hydrogen) atoms.